The first-order valence-corrected chi connectivity index (χ1v) is 5.23. The summed E-state index contributed by atoms with van der Waals surface area (Å²) in [5, 5.41) is 0. The fraction of sp³-hybridized carbons (Fsp3) is 0.727. The van der Waals surface area contributed by atoms with E-state index in [1.165, 1.54) is 5.57 Å². The summed E-state index contributed by atoms with van der Waals surface area (Å²) in [6.07, 6.45) is 2.59. The van der Waals surface area contributed by atoms with Gasteiger partial charge in [-0.3, -0.25) is 4.79 Å². The van der Waals surface area contributed by atoms with Crippen molar-refractivity contribution in [1.29, 1.82) is 0 Å². The van der Waals surface area contributed by atoms with Crippen molar-refractivity contribution in [1.82, 2.24) is 0 Å². The van der Waals surface area contributed by atoms with Crippen LogP contribution in [0.25, 0.3) is 0 Å². The molecule has 0 radical (unpaired) electrons. The topological polar surface area (TPSA) is 52.3 Å². The van der Waals surface area contributed by atoms with Gasteiger partial charge in [-0.05, 0) is 38.6 Å². The van der Waals surface area contributed by atoms with Crippen molar-refractivity contribution in [3.8, 4) is 0 Å². The zero-order chi connectivity index (χ0) is 10.6. The molecule has 0 aromatic heterocycles. The maximum absolute atomic E-state index is 11.5. The van der Waals surface area contributed by atoms with Crippen LogP contribution in [0.4, 0.5) is 0 Å². The van der Waals surface area contributed by atoms with Gasteiger partial charge in [-0.1, -0.05) is 12.2 Å². The first-order valence-electron chi connectivity index (χ1n) is 5.23. The summed E-state index contributed by atoms with van der Waals surface area (Å²) in [6.45, 7) is 6.86. The van der Waals surface area contributed by atoms with Gasteiger partial charge in [-0.25, -0.2) is 0 Å². The van der Waals surface area contributed by atoms with E-state index in [2.05, 4.69) is 6.58 Å². The van der Waals surface area contributed by atoms with Gasteiger partial charge in [0, 0.05) is 0 Å². The minimum Gasteiger partial charge on any atom is -0.466 e. The predicted octanol–water partition coefficient (Wildman–Crippen LogP) is 1.48. The van der Waals surface area contributed by atoms with Crippen molar-refractivity contribution in [2.75, 3.05) is 13.2 Å². The van der Waals surface area contributed by atoms with Gasteiger partial charge in [-0.15, -0.1) is 0 Å². The average Bonchev–Trinajstić information content (AvgIpc) is 2.19. The fourth-order valence-corrected chi connectivity index (χ4v) is 1.93. The molecule has 80 valence electrons. The highest BCUT2D eigenvalue weighted by Crippen LogP contribution is 2.32. The van der Waals surface area contributed by atoms with Crippen molar-refractivity contribution in [3.05, 3.63) is 12.2 Å². The number of hydrogen-bond acceptors (Lipinski definition) is 3. The number of nitrogens with two attached hydrogens (primary N) is 1. The second-order valence-corrected chi connectivity index (χ2v) is 3.81. The summed E-state index contributed by atoms with van der Waals surface area (Å²) in [5.41, 5.74) is 6.81. The molecule has 2 atom stereocenters. The lowest BCUT2D eigenvalue weighted by atomic mass is 9.78. The molecule has 3 nitrogen and oxygen atoms in total. The smallest absolute Gasteiger partial charge is 0.308 e. The number of rotatable bonds is 3. The lowest BCUT2D eigenvalue weighted by molar-refractivity contribution is -0.149. The van der Waals surface area contributed by atoms with E-state index in [4.69, 9.17) is 10.5 Å². The van der Waals surface area contributed by atoms with E-state index >= 15 is 0 Å². The van der Waals surface area contributed by atoms with Crippen molar-refractivity contribution in [2.45, 2.75) is 26.2 Å². The molecule has 1 saturated carbocycles. The normalized spacial score (nSPS) is 27.4. The highest BCUT2D eigenvalue weighted by atomic mass is 16.5. The third-order valence-electron chi connectivity index (χ3n) is 2.86. The van der Waals surface area contributed by atoms with Crippen LogP contribution in [0.15, 0.2) is 12.2 Å². The summed E-state index contributed by atoms with van der Waals surface area (Å²) >= 11 is 0. The van der Waals surface area contributed by atoms with Crippen molar-refractivity contribution in [3.63, 3.8) is 0 Å². The molecule has 1 fully saturated rings. The Morgan fingerprint density at radius 1 is 1.71 bits per heavy atom. The van der Waals surface area contributed by atoms with E-state index in [1.54, 1.807) is 0 Å². The van der Waals surface area contributed by atoms with Crippen LogP contribution in [-0.2, 0) is 9.53 Å². The lowest BCUT2D eigenvalue weighted by Crippen LogP contribution is -2.29. The summed E-state index contributed by atoms with van der Waals surface area (Å²) in [4.78, 5) is 11.5. The Balaban J connectivity index is 2.49. The van der Waals surface area contributed by atoms with Crippen molar-refractivity contribution < 1.29 is 9.53 Å². The highest BCUT2D eigenvalue weighted by Gasteiger charge is 2.29. The molecule has 3 heteroatoms. The molecule has 0 aromatic rings. The maximum atomic E-state index is 11.5. The van der Waals surface area contributed by atoms with Crippen LogP contribution < -0.4 is 5.73 Å². The summed E-state index contributed by atoms with van der Waals surface area (Å²) < 4.78 is 5.00. The van der Waals surface area contributed by atoms with Crippen LogP contribution in [0.1, 0.15) is 26.2 Å². The Kier molecular flexibility index (Phi) is 4.14. The van der Waals surface area contributed by atoms with Gasteiger partial charge >= 0.3 is 5.97 Å². The Morgan fingerprint density at radius 2 is 2.43 bits per heavy atom. The van der Waals surface area contributed by atoms with Crippen molar-refractivity contribution in [2.24, 2.45) is 17.6 Å². The average molecular weight is 197 g/mol. The van der Waals surface area contributed by atoms with Gasteiger partial charge in [0.1, 0.15) is 0 Å². The van der Waals surface area contributed by atoms with Gasteiger partial charge in [0.25, 0.3) is 0 Å². The van der Waals surface area contributed by atoms with Crippen LogP contribution in [0.5, 0.6) is 0 Å². The molecule has 0 aliphatic heterocycles. The lowest BCUT2D eigenvalue weighted by Gasteiger charge is -2.28. The minimum absolute atomic E-state index is 0.0361. The molecule has 0 spiro atoms. The quantitative estimate of drug-likeness (QED) is 0.550. The molecular weight excluding hydrogens is 178 g/mol. The maximum Gasteiger partial charge on any atom is 0.308 e. The number of ether oxygens (including phenoxy) is 1. The van der Waals surface area contributed by atoms with E-state index in [1.807, 2.05) is 6.92 Å². The van der Waals surface area contributed by atoms with Gasteiger partial charge in [0.2, 0.25) is 0 Å². The van der Waals surface area contributed by atoms with Gasteiger partial charge in [-0.2, -0.15) is 0 Å². The number of carbonyl (C=O) groups excluding carboxylic acids is 1. The molecule has 0 aromatic carbocycles. The molecule has 0 heterocycles. The van der Waals surface area contributed by atoms with Crippen molar-refractivity contribution >= 4 is 5.97 Å². The molecule has 1 aliphatic carbocycles. The first kappa shape index (κ1) is 11.2. The van der Waals surface area contributed by atoms with Crippen LogP contribution in [0.3, 0.4) is 0 Å². The van der Waals surface area contributed by atoms with E-state index in [-0.39, 0.29) is 11.9 Å². The van der Waals surface area contributed by atoms with Crippen LogP contribution in [-0.4, -0.2) is 19.1 Å². The summed E-state index contributed by atoms with van der Waals surface area (Å²) in [7, 11) is 0. The molecule has 1 rings (SSSR count). The molecule has 1 aliphatic rings. The third kappa shape index (κ3) is 2.58. The van der Waals surface area contributed by atoms with E-state index in [0.29, 0.717) is 19.1 Å². The number of carbonyl (C=O) groups is 1. The molecule has 0 saturated heterocycles. The van der Waals surface area contributed by atoms with E-state index < -0.39 is 0 Å². The van der Waals surface area contributed by atoms with Gasteiger partial charge < -0.3 is 10.5 Å². The molecule has 2 N–H and O–H groups in total. The molecule has 1 unspecified atom stereocenters. The first-order chi connectivity index (χ1) is 6.69. The van der Waals surface area contributed by atoms with Crippen LogP contribution >= 0.6 is 0 Å². The summed E-state index contributed by atoms with van der Waals surface area (Å²) in [6, 6.07) is 0. The monoisotopic (exact) mass is 197 g/mol. The zero-order valence-electron chi connectivity index (χ0n) is 8.79. The Labute approximate surface area is 85.3 Å². The second kappa shape index (κ2) is 5.15. The standard InChI is InChI=1S/C11H19NO2/c1-3-14-11(13)9-5-4-8(2)10(6-9)7-12/h9-10H,2-7,12H2,1H3/t9?,10-/m1/s1. The van der Waals surface area contributed by atoms with Crippen LogP contribution in [0, 0.1) is 11.8 Å². The number of hydrogen-bond donors (Lipinski definition) is 1. The SMILES string of the molecule is C=C1CCC(C(=O)OCC)C[C@@H]1CN. The van der Waals surface area contributed by atoms with Gasteiger partial charge in [0.15, 0.2) is 0 Å². The zero-order valence-corrected chi connectivity index (χ0v) is 8.79. The van der Waals surface area contributed by atoms with Crippen LogP contribution in [0.2, 0.25) is 0 Å². The minimum atomic E-state index is -0.0709. The predicted molar refractivity (Wildman–Crippen MR) is 55.7 cm³/mol. The molecular formula is C11H19NO2. The third-order valence-corrected chi connectivity index (χ3v) is 2.86. The molecule has 0 bridgehead atoms. The van der Waals surface area contributed by atoms with Gasteiger partial charge in [0.05, 0.1) is 12.5 Å². The summed E-state index contributed by atoms with van der Waals surface area (Å²) in [5.74, 6) is 0.269. The Morgan fingerprint density at radius 3 is 3.00 bits per heavy atom. The Hall–Kier alpha value is -0.830. The highest BCUT2D eigenvalue weighted by molar-refractivity contribution is 5.72. The number of esters is 1. The van der Waals surface area contributed by atoms with E-state index in [0.717, 1.165) is 19.3 Å². The fourth-order valence-electron chi connectivity index (χ4n) is 1.93. The largest absolute Gasteiger partial charge is 0.466 e. The van der Waals surface area contributed by atoms with E-state index in [9.17, 15) is 4.79 Å². The Bertz CT molecular complexity index is 225. The molecule has 0 amide bonds. The molecule has 14 heavy (non-hydrogen) atoms. The second-order valence-electron chi connectivity index (χ2n) is 3.81.